The highest BCUT2D eigenvalue weighted by molar-refractivity contribution is 7.91. The molecule has 1 aromatic carbocycles. The first kappa shape index (κ1) is 12.9. The Labute approximate surface area is 107 Å². The molecule has 1 fully saturated rings. The molecule has 1 saturated heterocycles. The number of carbonyl (C=O) groups excluding carboxylic acids is 1. The largest absolute Gasteiger partial charge is 0.334 e. The lowest BCUT2D eigenvalue weighted by Gasteiger charge is -2.13. The van der Waals surface area contributed by atoms with E-state index in [0.29, 0.717) is 6.42 Å². The Morgan fingerprint density at radius 1 is 1.33 bits per heavy atom. The van der Waals surface area contributed by atoms with Crippen LogP contribution in [0.2, 0.25) is 0 Å². The highest BCUT2D eigenvalue weighted by Crippen LogP contribution is 2.14. The van der Waals surface area contributed by atoms with Gasteiger partial charge >= 0.3 is 6.03 Å². The van der Waals surface area contributed by atoms with Gasteiger partial charge in [0.15, 0.2) is 9.84 Å². The predicted molar refractivity (Wildman–Crippen MR) is 70.4 cm³/mol. The number of nitrogens with one attached hydrogen (secondary N) is 2. The summed E-state index contributed by atoms with van der Waals surface area (Å²) in [5, 5.41) is 5.40. The zero-order valence-electron chi connectivity index (χ0n) is 10.1. The molecule has 1 aliphatic heterocycles. The molecule has 2 amide bonds. The van der Waals surface area contributed by atoms with Gasteiger partial charge in [-0.15, -0.1) is 0 Å². The highest BCUT2D eigenvalue weighted by atomic mass is 32.2. The molecule has 0 bridgehead atoms. The van der Waals surface area contributed by atoms with Crippen molar-refractivity contribution in [2.24, 2.45) is 0 Å². The number of hydrogen-bond acceptors (Lipinski definition) is 3. The van der Waals surface area contributed by atoms with Crippen LogP contribution in [0.1, 0.15) is 12.0 Å². The number of aryl methyl sites for hydroxylation is 1. The zero-order valence-corrected chi connectivity index (χ0v) is 11.0. The van der Waals surface area contributed by atoms with Crippen LogP contribution in [0, 0.1) is 6.92 Å². The Hall–Kier alpha value is -1.56. The van der Waals surface area contributed by atoms with Crippen molar-refractivity contribution in [1.82, 2.24) is 5.32 Å². The maximum Gasteiger partial charge on any atom is 0.319 e. The third-order valence-electron chi connectivity index (χ3n) is 2.96. The van der Waals surface area contributed by atoms with Crippen LogP contribution in [0.15, 0.2) is 24.3 Å². The summed E-state index contributed by atoms with van der Waals surface area (Å²) < 4.78 is 22.5. The van der Waals surface area contributed by atoms with Crippen molar-refractivity contribution < 1.29 is 13.2 Å². The number of amides is 2. The Kier molecular flexibility index (Phi) is 3.56. The maximum atomic E-state index is 11.7. The number of carbonyl (C=O) groups is 1. The lowest BCUT2D eigenvalue weighted by Crippen LogP contribution is -2.38. The van der Waals surface area contributed by atoms with Crippen LogP contribution in [-0.2, 0) is 9.84 Å². The van der Waals surface area contributed by atoms with E-state index in [2.05, 4.69) is 10.6 Å². The molecule has 2 rings (SSSR count). The van der Waals surface area contributed by atoms with E-state index in [-0.39, 0.29) is 23.6 Å². The van der Waals surface area contributed by atoms with Crippen LogP contribution in [0.5, 0.6) is 0 Å². The summed E-state index contributed by atoms with van der Waals surface area (Å²) in [6.07, 6.45) is 0.490. The molecule has 0 saturated carbocycles. The Morgan fingerprint density at radius 3 is 2.67 bits per heavy atom. The first-order valence-corrected chi connectivity index (χ1v) is 7.62. The fourth-order valence-electron chi connectivity index (χ4n) is 1.97. The number of rotatable bonds is 2. The topological polar surface area (TPSA) is 75.3 Å². The van der Waals surface area contributed by atoms with Crippen molar-refractivity contribution in [1.29, 1.82) is 0 Å². The van der Waals surface area contributed by atoms with Gasteiger partial charge in [0.25, 0.3) is 0 Å². The standard InChI is InChI=1S/C12H16N2O3S/c1-9-4-2-3-5-11(9)14-12(15)13-10-6-7-18(16,17)8-10/h2-5,10H,6-8H2,1H3,(H2,13,14,15)/t10-/m0/s1. The summed E-state index contributed by atoms with van der Waals surface area (Å²) in [6.45, 7) is 1.90. The predicted octanol–water partition coefficient (Wildman–Crippen LogP) is 1.30. The summed E-state index contributed by atoms with van der Waals surface area (Å²) in [4.78, 5) is 11.7. The van der Waals surface area contributed by atoms with Gasteiger partial charge in [-0.1, -0.05) is 18.2 Å². The molecule has 0 aliphatic carbocycles. The molecular formula is C12H16N2O3S. The number of urea groups is 1. The minimum Gasteiger partial charge on any atom is -0.334 e. The SMILES string of the molecule is Cc1ccccc1NC(=O)N[C@H]1CCS(=O)(=O)C1. The third kappa shape index (κ3) is 3.22. The number of benzene rings is 1. The summed E-state index contributed by atoms with van der Waals surface area (Å²) >= 11 is 0. The second-order valence-corrected chi connectivity index (χ2v) is 6.74. The van der Waals surface area contributed by atoms with E-state index in [9.17, 15) is 13.2 Å². The van der Waals surface area contributed by atoms with E-state index in [1.165, 1.54) is 0 Å². The summed E-state index contributed by atoms with van der Waals surface area (Å²) in [5.74, 6) is 0.191. The van der Waals surface area contributed by atoms with Crippen LogP contribution in [0.4, 0.5) is 10.5 Å². The molecule has 2 N–H and O–H groups in total. The van der Waals surface area contributed by atoms with Crippen molar-refractivity contribution >= 4 is 21.6 Å². The molecule has 98 valence electrons. The van der Waals surface area contributed by atoms with Gasteiger partial charge in [-0.25, -0.2) is 13.2 Å². The molecule has 0 spiro atoms. The van der Waals surface area contributed by atoms with Gasteiger partial charge < -0.3 is 10.6 Å². The molecule has 1 atom stereocenters. The van der Waals surface area contributed by atoms with Gasteiger partial charge in [0, 0.05) is 11.7 Å². The van der Waals surface area contributed by atoms with Crippen LogP contribution in [0.3, 0.4) is 0 Å². The summed E-state index contributed by atoms with van der Waals surface area (Å²) in [6, 6.07) is 6.80. The van der Waals surface area contributed by atoms with Gasteiger partial charge in [-0.05, 0) is 25.0 Å². The summed E-state index contributed by atoms with van der Waals surface area (Å²) in [5.41, 5.74) is 1.70. The molecule has 0 aromatic heterocycles. The van der Waals surface area contributed by atoms with E-state index in [4.69, 9.17) is 0 Å². The fraction of sp³-hybridized carbons (Fsp3) is 0.417. The van der Waals surface area contributed by atoms with Gasteiger partial charge in [-0.3, -0.25) is 0 Å². The third-order valence-corrected chi connectivity index (χ3v) is 4.73. The van der Waals surface area contributed by atoms with Crippen LogP contribution in [-0.4, -0.2) is 32.0 Å². The molecule has 6 heteroatoms. The lowest BCUT2D eigenvalue weighted by molar-refractivity contribution is 0.249. The highest BCUT2D eigenvalue weighted by Gasteiger charge is 2.28. The number of sulfone groups is 1. The normalized spacial score (nSPS) is 21.5. The molecule has 1 aromatic rings. The average Bonchev–Trinajstić information content (AvgIpc) is 2.61. The van der Waals surface area contributed by atoms with Crippen molar-refractivity contribution in [3.05, 3.63) is 29.8 Å². The minimum atomic E-state index is -2.96. The minimum absolute atomic E-state index is 0.0359. The molecule has 0 radical (unpaired) electrons. The Balaban J connectivity index is 1.92. The van der Waals surface area contributed by atoms with E-state index in [1.807, 2.05) is 25.1 Å². The first-order valence-electron chi connectivity index (χ1n) is 5.80. The van der Waals surface area contributed by atoms with Crippen molar-refractivity contribution in [3.8, 4) is 0 Å². The van der Waals surface area contributed by atoms with E-state index < -0.39 is 9.84 Å². The first-order chi connectivity index (χ1) is 8.46. The van der Waals surface area contributed by atoms with E-state index >= 15 is 0 Å². The van der Waals surface area contributed by atoms with Gasteiger partial charge in [0.05, 0.1) is 11.5 Å². The van der Waals surface area contributed by atoms with Crippen LogP contribution >= 0.6 is 0 Å². The molecule has 18 heavy (non-hydrogen) atoms. The second-order valence-electron chi connectivity index (χ2n) is 4.51. The van der Waals surface area contributed by atoms with Crippen LogP contribution in [0.25, 0.3) is 0 Å². The van der Waals surface area contributed by atoms with Crippen molar-refractivity contribution in [2.45, 2.75) is 19.4 Å². The molecular weight excluding hydrogens is 252 g/mol. The van der Waals surface area contributed by atoms with Gasteiger partial charge in [-0.2, -0.15) is 0 Å². The van der Waals surface area contributed by atoms with Gasteiger partial charge in [0.1, 0.15) is 0 Å². The monoisotopic (exact) mass is 268 g/mol. The smallest absolute Gasteiger partial charge is 0.319 e. The van der Waals surface area contributed by atoms with Gasteiger partial charge in [0.2, 0.25) is 0 Å². The number of anilines is 1. The molecule has 1 heterocycles. The molecule has 1 aliphatic rings. The number of para-hydroxylation sites is 1. The van der Waals surface area contributed by atoms with E-state index in [1.54, 1.807) is 6.07 Å². The zero-order chi connectivity index (χ0) is 13.2. The molecule has 5 nitrogen and oxygen atoms in total. The van der Waals surface area contributed by atoms with Crippen molar-refractivity contribution in [2.75, 3.05) is 16.8 Å². The average molecular weight is 268 g/mol. The van der Waals surface area contributed by atoms with Crippen LogP contribution < -0.4 is 10.6 Å². The fourth-order valence-corrected chi connectivity index (χ4v) is 3.64. The molecule has 0 unspecified atom stereocenters. The Morgan fingerprint density at radius 2 is 2.06 bits per heavy atom. The van der Waals surface area contributed by atoms with Crippen molar-refractivity contribution in [3.63, 3.8) is 0 Å². The maximum absolute atomic E-state index is 11.7. The summed E-state index contributed by atoms with van der Waals surface area (Å²) in [7, 11) is -2.96. The Bertz CT molecular complexity index is 554. The lowest BCUT2D eigenvalue weighted by atomic mass is 10.2. The second kappa shape index (κ2) is 4.97. The quantitative estimate of drug-likeness (QED) is 0.849. The van der Waals surface area contributed by atoms with E-state index in [0.717, 1.165) is 11.3 Å². The number of hydrogen-bond donors (Lipinski definition) is 2.